The van der Waals surface area contributed by atoms with Crippen LogP contribution in [0.5, 0.6) is 11.5 Å². The van der Waals surface area contributed by atoms with Crippen molar-refractivity contribution in [3.63, 3.8) is 0 Å². The molecule has 0 amide bonds. The van der Waals surface area contributed by atoms with Crippen LogP contribution in [0.3, 0.4) is 0 Å². The molecule has 16 heavy (non-hydrogen) atoms. The minimum atomic E-state index is -0.420. The lowest BCUT2D eigenvalue weighted by Crippen LogP contribution is -2.18. The first kappa shape index (κ1) is 12.8. The number of benzene rings is 1. The van der Waals surface area contributed by atoms with Gasteiger partial charge in [0.25, 0.3) is 0 Å². The molecule has 0 unspecified atom stereocenters. The molecule has 1 atom stereocenters. The summed E-state index contributed by atoms with van der Waals surface area (Å²) in [5.41, 5.74) is 0. The summed E-state index contributed by atoms with van der Waals surface area (Å²) in [6.07, 6.45) is 1.34. The normalized spacial score (nSPS) is 12.8. The zero-order valence-electron chi connectivity index (χ0n) is 9.89. The first-order valence-electron chi connectivity index (χ1n) is 5.68. The van der Waals surface area contributed by atoms with Crippen molar-refractivity contribution >= 4 is 0 Å². The predicted octanol–water partition coefficient (Wildman–Crippen LogP) is 2.57. The molecule has 0 aliphatic carbocycles. The summed E-state index contributed by atoms with van der Waals surface area (Å²) in [4.78, 5) is 0. The Morgan fingerprint density at radius 2 is 1.75 bits per heavy atom. The molecule has 0 bridgehead atoms. The smallest absolute Gasteiger partial charge is 0.119 e. The van der Waals surface area contributed by atoms with Gasteiger partial charge in [0.1, 0.15) is 18.1 Å². The molecule has 1 aromatic rings. The van der Waals surface area contributed by atoms with Gasteiger partial charge in [0.15, 0.2) is 0 Å². The van der Waals surface area contributed by atoms with Crippen LogP contribution in [0, 0.1) is 5.92 Å². The highest BCUT2D eigenvalue weighted by Gasteiger charge is 2.06. The lowest BCUT2D eigenvalue weighted by atomic mass is 10.1. The maximum atomic E-state index is 9.64. The van der Waals surface area contributed by atoms with Gasteiger partial charge in [-0.25, -0.2) is 0 Å². The Balaban J connectivity index is 2.26. The van der Waals surface area contributed by atoms with E-state index in [0.29, 0.717) is 18.3 Å². The van der Waals surface area contributed by atoms with Crippen molar-refractivity contribution in [2.24, 2.45) is 5.92 Å². The van der Waals surface area contributed by atoms with E-state index in [4.69, 9.17) is 9.84 Å². The van der Waals surface area contributed by atoms with E-state index in [1.54, 1.807) is 24.3 Å². The van der Waals surface area contributed by atoms with Gasteiger partial charge in [-0.1, -0.05) is 13.8 Å². The van der Waals surface area contributed by atoms with Crippen molar-refractivity contribution in [3.8, 4) is 11.5 Å². The Morgan fingerprint density at radius 3 is 2.31 bits per heavy atom. The quantitative estimate of drug-likeness (QED) is 0.780. The van der Waals surface area contributed by atoms with Crippen LogP contribution in [0.2, 0.25) is 0 Å². The van der Waals surface area contributed by atoms with Crippen molar-refractivity contribution in [1.82, 2.24) is 0 Å². The summed E-state index contributed by atoms with van der Waals surface area (Å²) >= 11 is 0. The van der Waals surface area contributed by atoms with Gasteiger partial charge in [0, 0.05) is 0 Å². The molecule has 0 fully saturated rings. The van der Waals surface area contributed by atoms with Crippen molar-refractivity contribution < 1.29 is 14.9 Å². The van der Waals surface area contributed by atoms with Gasteiger partial charge in [-0.2, -0.15) is 0 Å². The summed E-state index contributed by atoms with van der Waals surface area (Å²) in [5, 5.41) is 18.7. The number of phenolic OH excluding ortho intramolecular Hbond substituents is 1. The monoisotopic (exact) mass is 224 g/mol. The fourth-order valence-electron chi connectivity index (χ4n) is 1.34. The number of ether oxygens (including phenoxy) is 1. The van der Waals surface area contributed by atoms with Gasteiger partial charge in [0.05, 0.1) is 6.10 Å². The second-order valence-corrected chi connectivity index (χ2v) is 4.43. The van der Waals surface area contributed by atoms with Crippen LogP contribution in [-0.4, -0.2) is 22.9 Å². The number of hydrogen-bond donors (Lipinski definition) is 2. The molecule has 90 valence electrons. The highest BCUT2D eigenvalue weighted by Crippen LogP contribution is 2.16. The molecule has 0 spiro atoms. The Labute approximate surface area is 96.7 Å². The largest absolute Gasteiger partial charge is 0.508 e. The van der Waals surface area contributed by atoms with Gasteiger partial charge in [0.2, 0.25) is 0 Å². The van der Waals surface area contributed by atoms with Crippen molar-refractivity contribution in [3.05, 3.63) is 24.3 Å². The average molecular weight is 224 g/mol. The van der Waals surface area contributed by atoms with Crippen LogP contribution < -0.4 is 4.74 Å². The van der Waals surface area contributed by atoms with Gasteiger partial charge < -0.3 is 14.9 Å². The van der Waals surface area contributed by atoms with Gasteiger partial charge >= 0.3 is 0 Å². The lowest BCUT2D eigenvalue weighted by molar-refractivity contribution is 0.0950. The Hall–Kier alpha value is -1.22. The van der Waals surface area contributed by atoms with Gasteiger partial charge in [-0.15, -0.1) is 0 Å². The fraction of sp³-hybridized carbons (Fsp3) is 0.538. The van der Waals surface area contributed by atoms with E-state index in [1.807, 2.05) is 0 Å². The zero-order chi connectivity index (χ0) is 12.0. The molecule has 1 rings (SSSR count). The van der Waals surface area contributed by atoms with E-state index in [0.717, 1.165) is 12.8 Å². The Morgan fingerprint density at radius 1 is 1.12 bits per heavy atom. The summed E-state index contributed by atoms with van der Waals surface area (Å²) in [6.45, 7) is 4.57. The first-order valence-corrected chi connectivity index (χ1v) is 5.68. The molecule has 0 aliphatic rings. The third-order valence-electron chi connectivity index (χ3n) is 2.36. The molecule has 0 saturated carbocycles. The minimum Gasteiger partial charge on any atom is -0.508 e. The molecule has 1 aromatic carbocycles. The van der Waals surface area contributed by atoms with Crippen LogP contribution >= 0.6 is 0 Å². The SMILES string of the molecule is CC(C)CC[C@H](O)COc1ccc(O)cc1. The third kappa shape index (κ3) is 5.03. The highest BCUT2D eigenvalue weighted by molar-refractivity contribution is 5.30. The minimum absolute atomic E-state index is 0.215. The molecule has 0 aromatic heterocycles. The molecular weight excluding hydrogens is 204 g/mol. The number of phenols is 1. The van der Waals surface area contributed by atoms with Crippen LogP contribution in [0.4, 0.5) is 0 Å². The molecule has 0 heterocycles. The van der Waals surface area contributed by atoms with E-state index < -0.39 is 6.10 Å². The van der Waals surface area contributed by atoms with Crippen molar-refractivity contribution in [2.45, 2.75) is 32.8 Å². The van der Waals surface area contributed by atoms with Crippen LogP contribution in [0.15, 0.2) is 24.3 Å². The molecular formula is C13H20O3. The average Bonchev–Trinajstić information content (AvgIpc) is 2.25. The molecule has 3 heteroatoms. The van der Waals surface area contributed by atoms with Gasteiger partial charge in [-0.3, -0.25) is 0 Å². The second-order valence-electron chi connectivity index (χ2n) is 4.43. The molecule has 0 saturated heterocycles. The number of aliphatic hydroxyl groups is 1. The Kier molecular flexibility index (Phi) is 5.12. The fourth-order valence-corrected chi connectivity index (χ4v) is 1.34. The van der Waals surface area contributed by atoms with E-state index in [2.05, 4.69) is 13.8 Å². The molecule has 2 N–H and O–H groups in total. The molecule has 3 nitrogen and oxygen atoms in total. The van der Waals surface area contributed by atoms with Crippen molar-refractivity contribution in [2.75, 3.05) is 6.61 Å². The molecule has 0 radical (unpaired) electrons. The highest BCUT2D eigenvalue weighted by atomic mass is 16.5. The van der Waals surface area contributed by atoms with Gasteiger partial charge in [-0.05, 0) is 43.0 Å². The van der Waals surface area contributed by atoms with Crippen LogP contribution in [0.25, 0.3) is 0 Å². The number of aliphatic hydroxyl groups excluding tert-OH is 1. The maximum Gasteiger partial charge on any atom is 0.119 e. The maximum absolute atomic E-state index is 9.64. The standard InChI is InChI=1S/C13H20O3/c1-10(2)3-4-12(15)9-16-13-7-5-11(14)6-8-13/h5-8,10,12,14-15H,3-4,9H2,1-2H3/t12-/m0/s1. The topological polar surface area (TPSA) is 49.7 Å². The number of rotatable bonds is 6. The van der Waals surface area contributed by atoms with Crippen LogP contribution in [-0.2, 0) is 0 Å². The van der Waals surface area contributed by atoms with E-state index in [-0.39, 0.29) is 5.75 Å². The first-order chi connectivity index (χ1) is 7.58. The lowest BCUT2D eigenvalue weighted by Gasteiger charge is -2.13. The number of aromatic hydroxyl groups is 1. The second kappa shape index (κ2) is 6.38. The predicted molar refractivity (Wildman–Crippen MR) is 63.7 cm³/mol. The summed E-state index contributed by atoms with van der Waals surface area (Å²) < 4.78 is 5.39. The summed E-state index contributed by atoms with van der Waals surface area (Å²) in [6, 6.07) is 6.50. The van der Waals surface area contributed by atoms with E-state index >= 15 is 0 Å². The third-order valence-corrected chi connectivity index (χ3v) is 2.36. The number of hydrogen-bond acceptors (Lipinski definition) is 3. The Bertz CT molecular complexity index is 293. The van der Waals surface area contributed by atoms with E-state index in [9.17, 15) is 5.11 Å². The van der Waals surface area contributed by atoms with Crippen LogP contribution in [0.1, 0.15) is 26.7 Å². The zero-order valence-corrected chi connectivity index (χ0v) is 9.89. The summed E-state index contributed by atoms with van der Waals surface area (Å²) in [7, 11) is 0. The van der Waals surface area contributed by atoms with E-state index in [1.165, 1.54) is 0 Å². The molecule has 0 aliphatic heterocycles. The summed E-state index contributed by atoms with van der Waals surface area (Å²) in [5.74, 6) is 1.48. The van der Waals surface area contributed by atoms with Crippen molar-refractivity contribution in [1.29, 1.82) is 0 Å².